The fourth-order valence-electron chi connectivity index (χ4n) is 4.34. The van der Waals surface area contributed by atoms with Crippen LogP contribution in [-0.2, 0) is 4.79 Å². The third kappa shape index (κ3) is 4.26. The first-order valence-electron chi connectivity index (χ1n) is 10.5. The second kappa shape index (κ2) is 8.88. The molecule has 4 rings (SSSR count). The highest BCUT2D eigenvalue weighted by atomic mass is 16.5. The highest BCUT2D eigenvalue weighted by molar-refractivity contribution is 5.82. The highest BCUT2D eigenvalue weighted by Gasteiger charge is 2.39. The number of rotatable bonds is 5. The fourth-order valence-corrected chi connectivity index (χ4v) is 4.34. The lowest BCUT2D eigenvalue weighted by atomic mass is 9.91. The van der Waals surface area contributed by atoms with E-state index in [-0.39, 0.29) is 23.8 Å². The van der Waals surface area contributed by atoms with Crippen LogP contribution in [0.4, 0.5) is 0 Å². The number of amides is 1. The van der Waals surface area contributed by atoms with Gasteiger partial charge >= 0.3 is 0 Å². The van der Waals surface area contributed by atoms with Crippen molar-refractivity contribution in [2.45, 2.75) is 51.1 Å². The van der Waals surface area contributed by atoms with E-state index < -0.39 is 0 Å². The smallest absolute Gasteiger partial charge is 0.241 e. The molecule has 1 aromatic carbocycles. The van der Waals surface area contributed by atoms with E-state index in [0.717, 1.165) is 37.3 Å². The number of piperidine rings is 1. The number of carbonyl (C=O) groups excluding carboxylic acids is 1. The largest absolute Gasteiger partial charge is 0.437 e. The zero-order valence-corrected chi connectivity index (χ0v) is 17.0. The van der Waals surface area contributed by atoms with Crippen molar-refractivity contribution in [2.24, 2.45) is 5.92 Å². The van der Waals surface area contributed by atoms with Crippen LogP contribution in [0.1, 0.15) is 44.7 Å². The number of aromatic nitrogens is 2. The van der Waals surface area contributed by atoms with Gasteiger partial charge in [0.25, 0.3) is 0 Å². The predicted octanol–water partition coefficient (Wildman–Crippen LogP) is 2.87. The molecular formula is C22H29N5O2. The van der Waals surface area contributed by atoms with Gasteiger partial charge in [-0.05, 0) is 37.3 Å². The molecule has 2 aliphatic heterocycles. The average Bonchev–Trinajstić information content (AvgIpc) is 3.15. The molecule has 0 bridgehead atoms. The molecule has 2 aromatic rings. The molecule has 0 spiro atoms. The van der Waals surface area contributed by atoms with Crippen molar-refractivity contribution in [1.82, 2.24) is 25.7 Å². The molecule has 7 nitrogen and oxygen atoms in total. The molecule has 4 unspecified atom stereocenters. The summed E-state index contributed by atoms with van der Waals surface area (Å²) in [6.07, 6.45) is 6.26. The minimum absolute atomic E-state index is 0.117. The Morgan fingerprint density at radius 1 is 1.21 bits per heavy atom. The summed E-state index contributed by atoms with van der Waals surface area (Å²) in [5, 5.41) is 0. The summed E-state index contributed by atoms with van der Waals surface area (Å²) in [7, 11) is 0. The number of nitrogens with one attached hydrogen (secondary N) is 2. The van der Waals surface area contributed by atoms with Gasteiger partial charge in [-0.2, -0.15) is 0 Å². The zero-order valence-electron chi connectivity index (χ0n) is 17.0. The van der Waals surface area contributed by atoms with E-state index in [2.05, 4.69) is 34.7 Å². The molecular weight excluding hydrogens is 366 g/mol. The highest BCUT2D eigenvalue weighted by Crippen LogP contribution is 2.33. The Morgan fingerprint density at radius 2 is 2.00 bits per heavy atom. The van der Waals surface area contributed by atoms with Gasteiger partial charge in [-0.1, -0.05) is 32.0 Å². The Bertz CT molecular complexity index is 831. The van der Waals surface area contributed by atoms with E-state index in [4.69, 9.17) is 4.74 Å². The molecule has 29 heavy (non-hydrogen) atoms. The number of hydrogen-bond donors (Lipinski definition) is 2. The molecule has 1 aromatic heterocycles. The van der Waals surface area contributed by atoms with E-state index in [1.165, 1.54) is 0 Å². The first-order valence-corrected chi connectivity index (χ1v) is 10.5. The summed E-state index contributed by atoms with van der Waals surface area (Å²) < 4.78 is 6.00. The molecule has 7 heteroatoms. The molecule has 0 aliphatic carbocycles. The summed E-state index contributed by atoms with van der Waals surface area (Å²) in [5.74, 6) is 1.81. The monoisotopic (exact) mass is 395 g/mol. The van der Waals surface area contributed by atoms with E-state index in [9.17, 15) is 4.79 Å². The van der Waals surface area contributed by atoms with Crippen molar-refractivity contribution in [2.75, 3.05) is 13.1 Å². The molecule has 1 amide bonds. The zero-order chi connectivity index (χ0) is 20.2. The number of ether oxygens (including phenoxy) is 1. The van der Waals surface area contributed by atoms with Crippen LogP contribution in [0.15, 0.2) is 42.7 Å². The van der Waals surface area contributed by atoms with Crippen LogP contribution >= 0.6 is 0 Å². The molecule has 2 fully saturated rings. The van der Waals surface area contributed by atoms with Gasteiger partial charge in [-0.25, -0.2) is 10.4 Å². The van der Waals surface area contributed by atoms with Gasteiger partial charge < -0.3 is 9.64 Å². The molecule has 4 atom stereocenters. The van der Waals surface area contributed by atoms with Gasteiger partial charge in [0.2, 0.25) is 11.8 Å². The van der Waals surface area contributed by atoms with E-state index >= 15 is 0 Å². The maximum Gasteiger partial charge on any atom is 0.241 e. The van der Waals surface area contributed by atoms with Crippen molar-refractivity contribution in [3.63, 3.8) is 0 Å². The molecule has 154 valence electrons. The standard InChI is InChI=1S/C22H29N5O2/c1-3-18-15(2)19(26-25-18)22(28)27-13-7-8-16(14-27)20-21(24-12-11-23-20)29-17-9-5-4-6-10-17/h4-6,9-12,15-16,18-19,25-26H,3,7-8,13-14H2,1-2H3. The van der Waals surface area contributed by atoms with Crippen LogP contribution in [0.25, 0.3) is 0 Å². The number of benzene rings is 1. The number of hydrazine groups is 1. The van der Waals surface area contributed by atoms with Gasteiger partial charge in [0.05, 0.1) is 0 Å². The normalized spacial score (nSPS) is 27.0. The van der Waals surface area contributed by atoms with Crippen LogP contribution in [0.2, 0.25) is 0 Å². The summed E-state index contributed by atoms with van der Waals surface area (Å²) in [4.78, 5) is 24.2. The van der Waals surface area contributed by atoms with Gasteiger partial charge in [0, 0.05) is 37.4 Å². The molecule has 2 saturated heterocycles. The molecule has 0 saturated carbocycles. The van der Waals surface area contributed by atoms with Crippen molar-refractivity contribution in [3.8, 4) is 11.6 Å². The van der Waals surface area contributed by atoms with E-state index in [1.807, 2.05) is 35.2 Å². The van der Waals surface area contributed by atoms with Crippen molar-refractivity contribution < 1.29 is 9.53 Å². The minimum Gasteiger partial charge on any atom is -0.437 e. The van der Waals surface area contributed by atoms with Gasteiger partial charge in [-0.3, -0.25) is 15.2 Å². The predicted molar refractivity (Wildman–Crippen MR) is 110 cm³/mol. The Kier molecular flexibility index (Phi) is 6.06. The Hall–Kier alpha value is -2.51. The number of likely N-dealkylation sites (tertiary alicyclic amines) is 1. The third-order valence-corrected chi connectivity index (χ3v) is 6.06. The first kappa shape index (κ1) is 19.8. The number of hydrogen-bond acceptors (Lipinski definition) is 6. The number of para-hydroxylation sites is 1. The molecule has 2 N–H and O–H groups in total. The SMILES string of the molecule is CCC1NNC(C(=O)N2CCCC(c3nccnc3Oc3ccccc3)C2)C1C. The lowest BCUT2D eigenvalue weighted by molar-refractivity contribution is -0.135. The lowest BCUT2D eigenvalue weighted by Crippen LogP contribution is -2.50. The maximum absolute atomic E-state index is 13.2. The lowest BCUT2D eigenvalue weighted by Gasteiger charge is -2.35. The van der Waals surface area contributed by atoms with E-state index in [0.29, 0.717) is 18.5 Å². The van der Waals surface area contributed by atoms with Gasteiger partial charge in [0.15, 0.2) is 0 Å². The topological polar surface area (TPSA) is 79.4 Å². The Labute approximate surface area is 171 Å². The Morgan fingerprint density at radius 3 is 2.76 bits per heavy atom. The van der Waals surface area contributed by atoms with E-state index in [1.54, 1.807) is 12.4 Å². The Balaban J connectivity index is 1.48. The van der Waals surface area contributed by atoms with Crippen molar-refractivity contribution in [3.05, 3.63) is 48.4 Å². The quantitative estimate of drug-likeness (QED) is 0.810. The maximum atomic E-state index is 13.2. The molecule has 0 radical (unpaired) electrons. The second-order valence-electron chi connectivity index (χ2n) is 7.93. The fraction of sp³-hybridized carbons (Fsp3) is 0.500. The number of carbonyl (C=O) groups is 1. The molecule has 3 heterocycles. The summed E-state index contributed by atoms with van der Waals surface area (Å²) >= 11 is 0. The van der Waals surface area contributed by atoms with Crippen LogP contribution in [0.5, 0.6) is 11.6 Å². The summed E-state index contributed by atoms with van der Waals surface area (Å²) in [5.41, 5.74) is 7.30. The van der Waals surface area contributed by atoms with Gasteiger partial charge in [-0.15, -0.1) is 0 Å². The van der Waals surface area contributed by atoms with Crippen LogP contribution in [-0.4, -0.2) is 45.9 Å². The summed E-state index contributed by atoms with van der Waals surface area (Å²) in [6, 6.07) is 9.76. The summed E-state index contributed by atoms with van der Waals surface area (Å²) in [6.45, 7) is 5.71. The van der Waals surface area contributed by atoms with Crippen molar-refractivity contribution >= 4 is 5.91 Å². The van der Waals surface area contributed by atoms with Crippen LogP contribution in [0.3, 0.4) is 0 Å². The van der Waals surface area contributed by atoms with Crippen LogP contribution in [0, 0.1) is 5.92 Å². The first-order chi connectivity index (χ1) is 14.2. The second-order valence-corrected chi connectivity index (χ2v) is 7.93. The van der Waals surface area contributed by atoms with Crippen molar-refractivity contribution in [1.29, 1.82) is 0 Å². The van der Waals surface area contributed by atoms with Crippen LogP contribution < -0.4 is 15.6 Å². The number of nitrogens with zero attached hydrogens (tertiary/aromatic N) is 3. The van der Waals surface area contributed by atoms with Gasteiger partial charge in [0.1, 0.15) is 17.5 Å². The molecule has 2 aliphatic rings. The third-order valence-electron chi connectivity index (χ3n) is 6.06. The minimum atomic E-state index is -0.180. The average molecular weight is 396 g/mol.